The second kappa shape index (κ2) is 14.9. The Bertz CT molecular complexity index is 3130. The summed E-state index contributed by atoms with van der Waals surface area (Å²) in [4.78, 5) is 0. The largest absolute Gasteiger partial charge is 0.340 e. The minimum Gasteiger partial charge on any atom is -0.340 e. The van der Waals surface area contributed by atoms with Crippen LogP contribution >= 0.6 is 11.3 Å². The second-order valence-corrected chi connectivity index (χ2v) is 16.5. The molecule has 56 heavy (non-hydrogen) atoms. The van der Waals surface area contributed by atoms with Crippen LogP contribution in [0, 0.1) is 0 Å². The molecule has 0 N–H and O–H groups in total. The zero-order valence-electron chi connectivity index (χ0n) is 32.0. The zero-order valence-corrected chi connectivity index (χ0v) is 32.8. The van der Waals surface area contributed by atoms with E-state index >= 15 is 0 Å². The summed E-state index contributed by atoms with van der Waals surface area (Å²) in [6.45, 7) is 3.33. The van der Waals surface area contributed by atoms with E-state index in [9.17, 15) is 0 Å². The highest BCUT2D eigenvalue weighted by molar-refractivity contribution is 7.26. The molecule has 2 heteroatoms. The molecule has 0 atom stereocenters. The van der Waals surface area contributed by atoms with E-state index in [2.05, 4.69) is 181 Å². The fourth-order valence-electron chi connectivity index (χ4n) is 8.77. The third-order valence-corrected chi connectivity index (χ3v) is 12.9. The third kappa shape index (κ3) is 6.48. The molecule has 0 bridgehead atoms. The molecule has 0 aliphatic rings. The lowest BCUT2D eigenvalue weighted by molar-refractivity contribution is 0.571. The quantitative estimate of drug-likeness (QED) is 0.0919. The maximum atomic E-state index is 2.65. The molecule has 0 saturated carbocycles. The summed E-state index contributed by atoms with van der Waals surface area (Å²) in [6.07, 6.45) is 16.7. The van der Waals surface area contributed by atoms with Gasteiger partial charge in [-0.1, -0.05) is 185 Å². The summed E-state index contributed by atoms with van der Waals surface area (Å²) in [6, 6.07) is 54.1. The predicted octanol–water partition coefficient (Wildman–Crippen LogP) is 16.3. The summed E-state index contributed by atoms with van der Waals surface area (Å²) in [5.74, 6) is 0. The van der Waals surface area contributed by atoms with Gasteiger partial charge in [0.2, 0.25) is 0 Å². The van der Waals surface area contributed by atoms with Gasteiger partial charge in [-0.2, -0.15) is 0 Å². The van der Waals surface area contributed by atoms with Crippen molar-refractivity contribution in [2.45, 2.75) is 52.0 Å². The topological polar surface area (TPSA) is 4.93 Å². The highest BCUT2D eigenvalue weighted by Gasteiger charge is 2.17. The first kappa shape index (κ1) is 34.5. The van der Waals surface area contributed by atoms with Crippen LogP contribution in [0.5, 0.6) is 0 Å². The Labute approximate surface area is 332 Å². The molecule has 2 aromatic heterocycles. The summed E-state index contributed by atoms with van der Waals surface area (Å²) in [5, 5.41) is 13.2. The SMILES string of the molecule is CCCCCCCCn1c2cc(/C=C/c3ccc4ccccc4c3)ccc2c2ccc3c(ccc4c5ccc(/C=C/c6ccc7ccccc7c6)cc5sc43)c21. The van der Waals surface area contributed by atoms with Crippen molar-refractivity contribution in [1.82, 2.24) is 4.57 Å². The van der Waals surface area contributed by atoms with Gasteiger partial charge in [-0.3, -0.25) is 0 Å². The Morgan fingerprint density at radius 2 is 0.911 bits per heavy atom. The lowest BCUT2D eigenvalue weighted by atomic mass is 10.0. The van der Waals surface area contributed by atoms with Crippen LogP contribution in [0.4, 0.5) is 0 Å². The van der Waals surface area contributed by atoms with Crippen molar-refractivity contribution >= 4 is 110 Å². The van der Waals surface area contributed by atoms with Gasteiger partial charge in [-0.15, -0.1) is 11.3 Å². The molecule has 0 fully saturated rings. The van der Waals surface area contributed by atoms with Crippen LogP contribution in [0.2, 0.25) is 0 Å². The molecule has 2 heterocycles. The van der Waals surface area contributed by atoms with Gasteiger partial charge in [0.1, 0.15) is 0 Å². The highest BCUT2D eigenvalue weighted by Crippen LogP contribution is 2.43. The Kier molecular flexibility index (Phi) is 9.21. The fraction of sp³-hybridized carbons (Fsp3) is 0.148. The van der Waals surface area contributed by atoms with Gasteiger partial charge in [0.25, 0.3) is 0 Å². The summed E-state index contributed by atoms with van der Waals surface area (Å²) in [5.41, 5.74) is 7.62. The van der Waals surface area contributed by atoms with Crippen LogP contribution in [0.15, 0.2) is 146 Å². The molecule has 0 spiro atoms. The maximum Gasteiger partial charge on any atom is 0.0571 e. The highest BCUT2D eigenvalue weighted by atomic mass is 32.1. The van der Waals surface area contributed by atoms with Crippen molar-refractivity contribution in [2.75, 3.05) is 0 Å². The molecule has 0 amide bonds. The first-order valence-corrected chi connectivity index (χ1v) is 21.2. The van der Waals surface area contributed by atoms with Crippen LogP contribution in [-0.4, -0.2) is 4.57 Å². The predicted molar refractivity (Wildman–Crippen MR) is 249 cm³/mol. The van der Waals surface area contributed by atoms with Crippen molar-refractivity contribution in [1.29, 1.82) is 0 Å². The number of fused-ring (bicyclic) bond motifs is 11. The molecular weight excluding hydrogens is 695 g/mol. The van der Waals surface area contributed by atoms with Gasteiger partial charge in [0, 0.05) is 53.8 Å². The van der Waals surface area contributed by atoms with E-state index in [1.54, 1.807) is 0 Å². The van der Waals surface area contributed by atoms with Crippen molar-refractivity contribution in [3.8, 4) is 0 Å². The zero-order chi connectivity index (χ0) is 37.4. The number of benzene rings is 8. The summed E-state index contributed by atoms with van der Waals surface area (Å²) < 4.78 is 5.36. The monoisotopic (exact) mass is 739 g/mol. The Hall–Kier alpha value is -5.96. The van der Waals surface area contributed by atoms with Crippen molar-refractivity contribution in [3.05, 3.63) is 168 Å². The number of aromatic nitrogens is 1. The van der Waals surface area contributed by atoms with Crippen LogP contribution < -0.4 is 0 Å². The summed E-state index contributed by atoms with van der Waals surface area (Å²) >= 11 is 1.93. The number of thiophene rings is 1. The minimum atomic E-state index is 1.03. The third-order valence-electron chi connectivity index (χ3n) is 11.7. The van der Waals surface area contributed by atoms with Crippen LogP contribution in [0.25, 0.3) is 98.6 Å². The van der Waals surface area contributed by atoms with E-state index in [-0.39, 0.29) is 0 Å². The van der Waals surface area contributed by atoms with E-state index in [0.717, 1.165) is 6.54 Å². The molecule has 10 rings (SSSR count). The lowest BCUT2D eigenvalue weighted by Crippen LogP contribution is -1.98. The molecule has 0 saturated heterocycles. The lowest BCUT2D eigenvalue weighted by Gasteiger charge is -2.11. The fourth-order valence-corrected chi connectivity index (χ4v) is 10.0. The molecular formula is C54H45NS. The average molecular weight is 740 g/mol. The Balaban J connectivity index is 1.04. The maximum absolute atomic E-state index is 2.65. The van der Waals surface area contributed by atoms with Crippen molar-refractivity contribution < 1.29 is 0 Å². The Morgan fingerprint density at radius 3 is 1.57 bits per heavy atom. The van der Waals surface area contributed by atoms with Crippen molar-refractivity contribution in [2.24, 2.45) is 0 Å². The normalized spacial score (nSPS) is 12.4. The molecule has 10 aromatic rings. The van der Waals surface area contributed by atoms with Crippen LogP contribution in [0.1, 0.15) is 67.7 Å². The van der Waals surface area contributed by atoms with E-state index < -0.39 is 0 Å². The minimum absolute atomic E-state index is 1.03. The molecule has 0 aliphatic carbocycles. The van der Waals surface area contributed by atoms with Gasteiger partial charge >= 0.3 is 0 Å². The number of hydrogen-bond acceptors (Lipinski definition) is 1. The van der Waals surface area contributed by atoms with Gasteiger partial charge in [-0.25, -0.2) is 0 Å². The number of unbranched alkanes of at least 4 members (excludes halogenated alkanes) is 5. The van der Waals surface area contributed by atoms with E-state index in [1.165, 1.54) is 135 Å². The standard InChI is InChI=1S/C54H45NS/c1-2-3-4-5-6-11-32-55-51-35-39(18-16-37-20-24-41-12-7-9-14-43(41)33-37)22-26-45(51)47-28-31-50-48(53(47)55)29-30-49-46-27-23-40(36-52(46)56-54(49)50)19-17-38-21-25-42-13-8-10-15-44(42)34-38/h7-10,12-31,33-36H,2-6,11,32H2,1H3/b18-16+,19-17+. The second-order valence-electron chi connectivity index (χ2n) is 15.4. The molecule has 0 radical (unpaired) electrons. The van der Waals surface area contributed by atoms with E-state index in [0.29, 0.717) is 0 Å². The first-order valence-electron chi connectivity index (χ1n) is 20.4. The number of hydrogen-bond donors (Lipinski definition) is 0. The molecule has 8 aromatic carbocycles. The number of aryl methyl sites for hydroxylation is 1. The van der Waals surface area contributed by atoms with Crippen LogP contribution in [0.3, 0.4) is 0 Å². The first-order chi connectivity index (χ1) is 27.7. The number of nitrogens with zero attached hydrogens (tertiary/aromatic N) is 1. The van der Waals surface area contributed by atoms with Gasteiger partial charge in [0.05, 0.1) is 5.52 Å². The van der Waals surface area contributed by atoms with Crippen LogP contribution in [-0.2, 0) is 6.54 Å². The average Bonchev–Trinajstić information content (AvgIpc) is 3.78. The van der Waals surface area contributed by atoms with Gasteiger partial charge in [-0.05, 0) is 74.5 Å². The summed E-state index contributed by atoms with van der Waals surface area (Å²) in [7, 11) is 0. The molecule has 1 nitrogen and oxygen atoms in total. The van der Waals surface area contributed by atoms with E-state index in [1.807, 2.05) is 11.3 Å². The smallest absolute Gasteiger partial charge is 0.0571 e. The van der Waals surface area contributed by atoms with Gasteiger partial charge in [0.15, 0.2) is 0 Å². The molecule has 272 valence electrons. The molecule has 0 unspecified atom stereocenters. The molecule has 0 aliphatic heterocycles. The number of rotatable bonds is 11. The van der Waals surface area contributed by atoms with Crippen molar-refractivity contribution in [3.63, 3.8) is 0 Å². The Morgan fingerprint density at radius 1 is 0.429 bits per heavy atom. The van der Waals surface area contributed by atoms with E-state index in [4.69, 9.17) is 0 Å². The van der Waals surface area contributed by atoms with Gasteiger partial charge < -0.3 is 4.57 Å².